The number of nitrogens with zero attached hydrogens (tertiary/aromatic N) is 1. The fraction of sp³-hybridized carbons (Fsp3) is 0.500. The van der Waals surface area contributed by atoms with E-state index in [2.05, 4.69) is 0 Å². The lowest BCUT2D eigenvalue weighted by Crippen LogP contribution is -2.51. The van der Waals surface area contributed by atoms with Gasteiger partial charge in [0, 0.05) is 12.6 Å². The van der Waals surface area contributed by atoms with Crippen LogP contribution in [0.5, 0.6) is 0 Å². The van der Waals surface area contributed by atoms with Gasteiger partial charge in [-0.1, -0.05) is 11.6 Å². The summed E-state index contributed by atoms with van der Waals surface area (Å²) >= 11 is 5.82. The SMILES string of the molecule is CC1COC(CO)CN1S(=O)(=O)c1ccc(F)cc1Cl. The van der Waals surface area contributed by atoms with Gasteiger partial charge in [-0.3, -0.25) is 0 Å². The Morgan fingerprint density at radius 3 is 2.85 bits per heavy atom. The molecule has 0 radical (unpaired) electrons. The molecule has 1 aliphatic rings. The second kappa shape index (κ2) is 5.95. The summed E-state index contributed by atoms with van der Waals surface area (Å²) in [4.78, 5) is -0.147. The number of aliphatic hydroxyl groups excluding tert-OH is 1. The summed E-state index contributed by atoms with van der Waals surface area (Å²) in [5.41, 5.74) is 0. The monoisotopic (exact) mass is 323 g/mol. The van der Waals surface area contributed by atoms with Crippen LogP contribution in [0.15, 0.2) is 23.1 Å². The van der Waals surface area contributed by atoms with Gasteiger partial charge in [-0.2, -0.15) is 4.31 Å². The minimum Gasteiger partial charge on any atom is -0.394 e. The standard InChI is InChI=1S/C12H15ClFNO4S/c1-8-7-19-10(6-16)5-15(8)20(17,18)12-3-2-9(14)4-11(12)13/h2-4,8,10,16H,5-7H2,1H3. The van der Waals surface area contributed by atoms with E-state index in [-0.39, 0.29) is 35.7 Å². The molecular weight excluding hydrogens is 309 g/mol. The zero-order chi connectivity index (χ0) is 14.9. The highest BCUT2D eigenvalue weighted by Crippen LogP contribution is 2.28. The maximum absolute atomic E-state index is 13.0. The van der Waals surface area contributed by atoms with E-state index in [9.17, 15) is 12.8 Å². The third-order valence-electron chi connectivity index (χ3n) is 3.13. The van der Waals surface area contributed by atoms with Gasteiger partial charge in [0.1, 0.15) is 10.7 Å². The van der Waals surface area contributed by atoms with Crippen molar-refractivity contribution >= 4 is 21.6 Å². The van der Waals surface area contributed by atoms with Crippen LogP contribution in [0.1, 0.15) is 6.92 Å². The number of hydrogen-bond acceptors (Lipinski definition) is 4. The second-order valence-electron chi connectivity index (χ2n) is 4.64. The van der Waals surface area contributed by atoms with Gasteiger partial charge in [-0.25, -0.2) is 12.8 Å². The van der Waals surface area contributed by atoms with Gasteiger partial charge in [0.05, 0.1) is 24.3 Å². The minimum atomic E-state index is -3.86. The number of hydrogen-bond donors (Lipinski definition) is 1. The van der Waals surface area contributed by atoms with Crippen molar-refractivity contribution in [2.24, 2.45) is 0 Å². The van der Waals surface area contributed by atoms with Crippen LogP contribution >= 0.6 is 11.6 Å². The lowest BCUT2D eigenvalue weighted by atomic mass is 10.2. The smallest absolute Gasteiger partial charge is 0.244 e. The molecule has 2 rings (SSSR count). The summed E-state index contributed by atoms with van der Waals surface area (Å²) < 4.78 is 44.7. The maximum atomic E-state index is 13.0. The van der Waals surface area contributed by atoms with Crippen LogP contribution in [0.4, 0.5) is 4.39 Å². The first kappa shape index (κ1) is 15.7. The predicted molar refractivity (Wildman–Crippen MR) is 71.6 cm³/mol. The molecule has 1 fully saturated rings. The highest BCUT2D eigenvalue weighted by Gasteiger charge is 2.36. The number of morpholine rings is 1. The molecule has 1 aliphatic heterocycles. The molecule has 1 saturated heterocycles. The van der Waals surface area contributed by atoms with E-state index in [1.807, 2.05) is 0 Å². The largest absolute Gasteiger partial charge is 0.394 e. The fourth-order valence-electron chi connectivity index (χ4n) is 2.05. The van der Waals surface area contributed by atoms with Gasteiger partial charge >= 0.3 is 0 Å². The molecule has 1 aromatic rings. The third-order valence-corrected chi connectivity index (χ3v) is 5.60. The van der Waals surface area contributed by atoms with E-state index in [1.54, 1.807) is 6.92 Å². The Morgan fingerprint density at radius 1 is 1.55 bits per heavy atom. The zero-order valence-corrected chi connectivity index (χ0v) is 12.4. The molecule has 0 saturated carbocycles. The Bertz CT molecular complexity index is 595. The Morgan fingerprint density at radius 2 is 2.25 bits per heavy atom. The van der Waals surface area contributed by atoms with E-state index < -0.39 is 21.9 Å². The summed E-state index contributed by atoms with van der Waals surface area (Å²) in [6.07, 6.45) is -0.569. The van der Waals surface area contributed by atoms with Gasteiger partial charge in [0.25, 0.3) is 0 Å². The molecule has 1 N–H and O–H groups in total. The first-order chi connectivity index (χ1) is 9.36. The summed E-state index contributed by atoms with van der Waals surface area (Å²) in [5, 5.41) is 8.94. The van der Waals surface area contributed by atoms with Crippen LogP contribution in [0.2, 0.25) is 5.02 Å². The number of rotatable bonds is 3. The van der Waals surface area contributed by atoms with Gasteiger partial charge in [0.2, 0.25) is 10.0 Å². The number of aliphatic hydroxyl groups is 1. The molecule has 0 bridgehead atoms. The fourth-order valence-corrected chi connectivity index (χ4v) is 4.20. The molecule has 0 aliphatic carbocycles. The van der Waals surface area contributed by atoms with Gasteiger partial charge in [-0.15, -0.1) is 0 Å². The van der Waals surface area contributed by atoms with Gasteiger partial charge < -0.3 is 9.84 Å². The lowest BCUT2D eigenvalue weighted by molar-refractivity contribution is -0.0516. The normalized spacial score (nSPS) is 24.8. The predicted octanol–water partition coefficient (Wildman–Crippen LogP) is 1.25. The van der Waals surface area contributed by atoms with Gasteiger partial charge in [0.15, 0.2) is 0 Å². The van der Waals surface area contributed by atoms with E-state index in [1.165, 1.54) is 4.31 Å². The first-order valence-electron chi connectivity index (χ1n) is 6.05. The van der Waals surface area contributed by atoms with Crippen LogP contribution in [0.25, 0.3) is 0 Å². The quantitative estimate of drug-likeness (QED) is 0.909. The summed E-state index contributed by atoms with van der Waals surface area (Å²) in [7, 11) is -3.86. The van der Waals surface area contributed by atoms with E-state index in [4.69, 9.17) is 21.4 Å². The molecule has 0 amide bonds. The molecule has 20 heavy (non-hydrogen) atoms. The Hall–Kier alpha value is -0.730. The zero-order valence-electron chi connectivity index (χ0n) is 10.8. The Kier molecular flexibility index (Phi) is 4.66. The average Bonchev–Trinajstić information content (AvgIpc) is 2.38. The van der Waals surface area contributed by atoms with Crippen LogP contribution in [0, 0.1) is 5.82 Å². The molecular formula is C12H15ClFNO4S. The van der Waals surface area contributed by atoms with Crippen molar-refractivity contribution < 1.29 is 22.7 Å². The minimum absolute atomic E-state index is 0.0354. The Balaban J connectivity index is 2.38. The van der Waals surface area contributed by atoms with Crippen molar-refractivity contribution in [3.63, 3.8) is 0 Å². The molecule has 2 unspecified atom stereocenters. The van der Waals surface area contributed by atoms with Gasteiger partial charge in [-0.05, 0) is 25.1 Å². The van der Waals surface area contributed by atoms with Crippen molar-refractivity contribution in [1.82, 2.24) is 4.31 Å². The molecule has 1 heterocycles. The van der Waals surface area contributed by atoms with Crippen molar-refractivity contribution in [2.45, 2.75) is 24.0 Å². The molecule has 1 aromatic carbocycles. The van der Waals surface area contributed by atoms with E-state index >= 15 is 0 Å². The number of sulfonamides is 1. The molecule has 0 spiro atoms. The summed E-state index contributed by atoms with van der Waals surface area (Å²) in [6, 6.07) is 2.77. The van der Waals surface area contributed by atoms with Crippen LogP contribution in [-0.2, 0) is 14.8 Å². The first-order valence-corrected chi connectivity index (χ1v) is 7.87. The molecule has 5 nitrogen and oxygen atoms in total. The highest BCUT2D eigenvalue weighted by atomic mass is 35.5. The number of ether oxygens (including phenoxy) is 1. The molecule has 0 aromatic heterocycles. The van der Waals surface area contributed by atoms with Crippen LogP contribution in [-0.4, -0.2) is 49.7 Å². The Labute approximate surface area is 122 Å². The third kappa shape index (κ3) is 2.96. The van der Waals surface area contributed by atoms with Crippen molar-refractivity contribution in [2.75, 3.05) is 19.8 Å². The topological polar surface area (TPSA) is 66.8 Å². The van der Waals surface area contributed by atoms with Crippen molar-refractivity contribution in [1.29, 1.82) is 0 Å². The molecule has 112 valence electrons. The highest BCUT2D eigenvalue weighted by molar-refractivity contribution is 7.89. The number of benzene rings is 1. The molecule has 2 atom stereocenters. The van der Waals surface area contributed by atoms with Crippen molar-refractivity contribution in [3.05, 3.63) is 29.0 Å². The maximum Gasteiger partial charge on any atom is 0.244 e. The lowest BCUT2D eigenvalue weighted by Gasteiger charge is -2.36. The van der Waals surface area contributed by atoms with Crippen LogP contribution in [0.3, 0.4) is 0 Å². The van der Waals surface area contributed by atoms with E-state index in [0.29, 0.717) is 0 Å². The van der Waals surface area contributed by atoms with Crippen molar-refractivity contribution in [3.8, 4) is 0 Å². The number of halogens is 2. The van der Waals surface area contributed by atoms with Crippen LogP contribution < -0.4 is 0 Å². The average molecular weight is 324 g/mol. The second-order valence-corrected chi connectivity index (χ2v) is 6.90. The summed E-state index contributed by atoms with van der Waals surface area (Å²) in [6.45, 7) is 1.65. The summed E-state index contributed by atoms with van der Waals surface area (Å²) in [5.74, 6) is -0.600. The molecule has 8 heteroatoms. The van der Waals surface area contributed by atoms with E-state index in [0.717, 1.165) is 18.2 Å².